The Hall–Kier alpha value is -8.85. The average Bonchev–Trinajstić information content (AvgIpc) is 3.52. The number of primary amides is 1. The maximum atomic E-state index is 14.2. The molecule has 4 atom stereocenters. The number of carboxylic acid groups (broad SMARTS) is 1. The van der Waals surface area contributed by atoms with Gasteiger partial charge in [0.2, 0.25) is 23.6 Å². The highest BCUT2D eigenvalue weighted by Gasteiger charge is 2.29. The van der Waals surface area contributed by atoms with Gasteiger partial charge in [-0.3, -0.25) is 43.2 Å². The zero-order chi connectivity index (χ0) is 59.6. The molecule has 18 N–H and O–H groups in total. The van der Waals surface area contributed by atoms with Crippen LogP contribution in [-0.2, 0) is 24.0 Å². The molecule has 0 aromatic heterocycles. The lowest BCUT2D eigenvalue weighted by molar-refractivity contribution is -0.137. The zero-order valence-corrected chi connectivity index (χ0v) is 45.8. The second-order valence-corrected chi connectivity index (χ2v) is 18.5. The van der Waals surface area contributed by atoms with E-state index in [2.05, 4.69) is 37.2 Å². The van der Waals surface area contributed by atoms with Crippen LogP contribution in [0.15, 0.2) is 72.8 Å². The number of ether oxygens (including phenoxy) is 4. The van der Waals surface area contributed by atoms with E-state index in [0.29, 0.717) is 58.2 Å². The van der Waals surface area contributed by atoms with Crippen molar-refractivity contribution in [3.8, 4) is 23.0 Å². The third kappa shape index (κ3) is 19.8. The zero-order valence-electron chi connectivity index (χ0n) is 45.8. The molecular weight excluding hydrogens is 1050 g/mol. The van der Waals surface area contributed by atoms with Crippen molar-refractivity contribution in [3.05, 3.63) is 95.1 Å². The lowest BCUT2D eigenvalue weighted by atomic mass is 10.1. The van der Waals surface area contributed by atoms with Crippen molar-refractivity contribution in [1.82, 2.24) is 16.0 Å². The molecule has 81 heavy (non-hydrogen) atoms. The van der Waals surface area contributed by atoms with Gasteiger partial charge in [0.25, 0.3) is 23.6 Å². The summed E-state index contributed by atoms with van der Waals surface area (Å²) in [7, 11) is 5.36. The molecule has 4 aromatic rings. The Balaban J connectivity index is 1.55. The van der Waals surface area contributed by atoms with Crippen LogP contribution in [0.5, 0.6) is 23.0 Å². The van der Waals surface area contributed by atoms with Crippen molar-refractivity contribution in [2.45, 2.75) is 94.8 Å². The van der Waals surface area contributed by atoms with E-state index in [4.69, 9.17) is 52.7 Å². The molecule has 0 fully saturated rings. The van der Waals surface area contributed by atoms with Gasteiger partial charge in [-0.15, -0.1) is 0 Å². The molecular formula is C55H74N12O14. The van der Waals surface area contributed by atoms with Crippen LogP contribution in [0.3, 0.4) is 0 Å². The fourth-order valence-electron chi connectivity index (χ4n) is 8.19. The number of carbonyl (C=O) groups is 9. The van der Waals surface area contributed by atoms with E-state index in [0.717, 1.165) is 0 Å². The third-order valence-corrected chi connectivity index (χ3v) is 12.6. The summed E-state index contributed by atoms with van der Waals surface area (Å²) >= 11 is 0. The van der Waals surface area contributed by atoms with Crippen molar-refractivity contribution >= 4 is 76.0 Å². The van der Waals surface area contributed by atoms with Gasteiger partial charge >= 0.3 is 5.97 Å². The number of rotatable bonds is 34. The van der Waals surface area contributed by atoms with E-state index in [1.165, 1.54) is 101 Å². The molecule has 0 spiro atoms. The van der Waals surface area contributed by atoms with Crippen LogP contribution in [0.25, 0.3) is 0 Å². The highest BCUT2D eigenvalue weighted by atomic mass is 16.5. The number of methoxy groups -OCH3 is 4. The molecule has 26 nitrogen and oxygen atoms in total. The van der Waals surface area contributed by atoms with Crippen LogP contribution in [0.2, 0.25) is 0 Å². The highest BCUT2D eigenvalue weighted by molar-refractivity contribution is 6.07. The standard InChI is InChI=1S/C55H74N12O14/c1-78-43-19-14-31(27-35(43)48(60)70)62-53(75)40(11-5-8-24-56)65-50(72)37-29-33(16-21-45(37)80-3)64-55(77)42(13-7-10-26-58)67-51(73)38-30-34(17-22-46(38)81-4)63-54(76)41(12-6-9-25-57)66-49(71)36-28-32(15-20-44(36)79-2)61-52(74)39(59)18-23-47(68)69/h14-17,19-22,27-30,39-42H,5-13,18,23-26,56-59H2,1-4H3,(H2,60,70)(H,61,74)(H,62,75)(H,63,76)(H,64,77)(H,65,72)(H,66,71)(H,67,73)(H,68,69)/t39-,40-,41-,42-/m0/s1. The second-order valence-electron chi connectivity index (χ2n) is 18.5. The topological polar surface area (TPSA) is 425 Å². The number of aliphatic carboxylic acids is 1. The lowest BCUT2D eigenvalue weighted by Crippen LogP contribution is -2.44. The summed E-state index contributed by atoms with van der Waals surface area (Å²) in [5, 5.41) is 28.0. The van der Waals surface area contributed by atoms with Crippen molar-refractivity contribution in [1.29, 1.82) is 0 Å². The van der Waals surface area contributed by atoms with Crippen molar-refractivity contribution in [2.75, 3.05) is 69.3 Å². The molecule has 0 aliphatic carbocycles. The summed E-state index contributed by atoms with van der Waals surface area (Å²) in [4.78, 5) is 120. The van der Waals surface area contributed by atoms with E-state index in [1.54, 1.807) is 0 Å². The van der Waals surface area contributed by atoms with E-state index in [-0.39, 0.29) is 100 Å². The molecule has 0 bridgehead atoms. The van der Waals surface area contributed by atoms with Gasteiger partial charge in [-0.2, -0.15) is 0 Å². The van der Waals surface area contributed by atoms with Gasteiger partial charge in [0.05, 0.1) is 56.7 Å². The predicted octanol–water partition coefficient (Wildman–Crippen LogP) is 2.55. The molecule has 26 heteroatoms. The summed E-state index contributed by atoms with van der Waals surface area (Å²) in [6.07, 6.45) is 2.85. The fraction of sp³-hybridized carbons (Fsp3) is 0.400. The quantitative estimate of drug-likeness (QED) is 0.0299. The molecule has 0 saturated carbocycles. The summed E-state index contributed by atoms with van der Waals surface area (Å²) < 4.78 is 21.6. The van der Waals surface area contributed by atoms with Gasteiger partial charge in [0, 0.05) is 29.2 Å². The van der Waals surface area contributed by atoms with Gasteiger partial charge in [0.1, 0.15) is 41.1 Å². The Bertz CT molecular complexity index is 2870. The molecule has 0 radical (unpaired) electrons. The molecule has 4 rings (SSSR count). The highest BCUT2D eigenvalue weighted by Crippen LogP contribution is 2.28. The molecule has 0 unspecified atom stereocenters. The first-order valence-electron chi connectivity index (χ1n) is 26.1. The number of carbonyl (C=O) groups excluding carboxylic acids is 8. The van der Waals surface area contributed by atoms with E-state index in [1.807, 2.05) is 0 Å². The number of unbranched alkanes of at least 4 members (excludes halogenated alkanes) is 3. The normalized spacial score (nSPS) is 12.2. The first kappa shape index (κ1) is 64.7. The Morgan fingerprint density at radius 2 is 0.716 bits per heavy atom. The van der Waals surface area contributed by atoms with Crippen molar-refractivity contribution in [3.63, 3.8) is 0 Å². The minimum Gasteiger partial charge on any atom is -0.496 e. The SMILES string of the molecule is COc1ccc(NC(=O)[C@H](CCCCN)NC(=O)c2cc(NC(=O)[C@H](CCCCN)NC(=O)c3cc(NC(=O)[C@H](CCCCN)NC(=O)c4cc(NC(=O)[C@@H](N)CCC(=O)O)ccc4OC)ccc3OC)ccc2OC)cc1C(N)=O. The van der Waals surface area contributed by atoms with Crippen LogP contribution >= 0.6 is 0 Å². The Kier molecular flexibility index (Phi) is 26.3. The number of hydrogen-bond donors (Lipinski definition) is 13. The number of carboxylic acids is 1. The van der Waals surface area contributed by atoms with Crippen LogP contribution in [0.1, 0.15) is 112 Å². The van der Waals surface area contributed by atoms with Gasteiger partial charge in [-0.1, -0.05) is 0 Å². The fourth-order valence-corrected chi connectivity index (χ4v) is 8.19. The lowest BCUT2D eigenvalue weighted by Gasteiger charge is -2.22. The van der Waals surface area contributed by atoms with Crippen LogP contribution < -0.4 is 84.8 Å². The van der Waals surface area contributed by atoms with E-state index < -0.39 is 77.4 Å². The Labute approximate surface area is 468 Å². The van der Waals surface area contributed by atoms with Gasteiger partial charge in [0.15, 0.2) is 0 Å². The summed E-state index contributed by atoms with van der Waals surface area (Å²) in [5.74, 6) is -6.27. The summed E-state index contributed by atoms with van der Waals surface area (Å²) in [6.45, 7) is 0.943. The minimum absolute atomic E-state index is 0.0277. The molecule has 8 amide bonds. The number of benzene rings is 4. The second kappa shape index (κ2) is 32.9. The Morgan fingerprint density at radius 1 is 0.432 bits per heavy atom. The number of anilines is 4. The molecule has 0 saturated heterocycles. The monoisotopic (exact) mass is 1130 g/mol. The van der Waals surface area contributed by atoms with Gasteiger partial charge < -0.3 is 89.9 Å². The number of nitrogens with two attached hydrogens (primary N) is 5. The number of nitrogens with one attached hydrogen (secondary N) is 7. The molecule has 0 heterocycles. The van der Waals surface area contributed by atoms with Crippen molar-refractivity contribution in [2.24, 2.45) is 28.7 Å². The Morgan fingerprint density at radius 3 is 0.988 bits per heavy atom. The molecule has 438 valence electrons. The molecule has 0 aliphatic heterocycles. The molecule has 0 aliphatic rings. The van der Waals surface area contributed by atoms with E-state index >= 15 is 0 Å². The number of amides is 8. The van der Waals surface area contributed by atoms with Crippen LogP contribution in [-0.4, -0.2) is 131 Å². The number of hydrogen-bond acceptors (Lipinski definition) is 17. The minimum atomic E-state index is -1.19. The summed E-state index contributed by atoms with van der Waals surface area (Å²) in [5.41, 5.74) is 29.1. The van der Waals surface area contributed by atoms with Gasteiger partial charge in [-0.25, -0.2) is 0 Å². The van der Waals surface area contributed by atoms with E-state index in [9.17, 15) is 43.2 Å². The molecule has 4 aromatic carbocycles. The van der Waals surface area contributed by atoms with Crippen molar-refractivity contribution < 1.29 is 67.2 Å². The first-order valence-corrected chi connectivity index (χ1v) is 26.1. The third-order valence-electron chi connectivity index (χ3n) is 12.6. The largest absolute Gasteiger partial charge is 0.496 e. The van der Waals surface area contributed by atoms with Crippen LogP contribution in [0, 0.1) is 0 Å². The summed E-state index contributed by atoms with van der Waals surface area (Å²) in [6, 6.07) is 12.4. The average molecular weight is 1130 g/mol. The smallest absolute Gasteiger partial charge is 0.303 e. The van der Waals surface area contributed by atoms with Crippen LogP contribution in [0.4, 0.5) is 22.7 Å². The van der Waals surface area contributed by atoms with Gasteiger partial charge in [-0.05, 0) is 157 Å². The maximum Gasteiger partial charge on any atom is 0.303 e. The maximum absolute atomic E-state index is 14.2. The first-order chi connectivity index (χ1) is 38.8. The predicted molar refractivity (Wildman–Crippen MR) is 302 cm³/mol.